The molecule has 0 spiro atoms. The minimum absolute atomic E-state index is 0.286. The van der Waals surface area contributed by atoms with Crippen LogP contribution < -0.4 is 11.1 Å². The SMILES string of the molecule is NC(=O)CCNC(c1ccccc1)(c1ccccc1)c1ccccc1. The van der Waals surface area contributed by atoms with E-state index in [4.69, 9.17) is 5.73 Å². The van der Waals surface area contributed by atoms with Crippen molar-refractivity contribution in [1.82, 2.24) is 5.32 Å². The zero-order chi connectivity index (χ0) is 17.5. The van der Waals surface area contributed by atoms with Crippen molar-refractivity contribution in [2.24, 2.45) is 5.73 Å². The van der Waals surface area contributed by atoms with Gasteiger partial charge in [-0.15, -0.1) is 0 Å². The number of carbonyl (C=O) groups excluding carboxylic acids is 1. The topological polar surface area (TPSA) is 55.1 Å². The quantitative estimate of drug-likeness (QED) is 0.652. The average molecular weight is 330 g/mol. The van der Waals surface area contributed by atoms with Gasteiger partial charge in [0.05, 0.1) is 5.54 Å². The highest BCUT2D eigenvalue weighted by Gasteiger charge is 2.35. The molecule has 0 saturated heterocycles. The van der Waals surface area contributed by atoms with E-state index in [0.29, 0.717) is 6.54 Å². The van der Waals surface area contributed by atoms with Gasteiger partial charge in [0.1, 0.15) is 0 Å². The standard InChI is InChI=1S/C22H22N2O/c23-21(25)16-17-24-22(18-10-4-1-5-11-18,19-12-6-2-7-13-19)20-14-8-3-9-15-20/h1-15,24H,16-17H2,(H2,23,25). The van der Waals surface area contributed by atoms with Gasteiger partial charge in [-0.1, -0.05) is 91.0 Å². The number of rotatable bonds is 7. The molecule has 3 aromatic carbocycles. The summed E-state index contributed by atoms with van der Waals surface area (Å²) in [6.07, 6.45) is 0.286. The van der Waals surface area contributed by atoms with Crippen LogP contribution in [0.5, 0.6) is 0 Å². The second kappa shape index (κ2) is 7.77. The van der Waals surface area contributed by atoms with Gasteiger partial charge in [-0.2, -0.15) is 0 Å². The van der Waals surface area contributed by atoms with Gasteiger partial charge in [0.2, 0.25) is 5.91 Å². The van der Waals surface area contributed by atoms with Crippen LogP contribution in [-0.4, -0.2) is 12.5 Å². The Labute approximate surface area is 148 Å². The molecule has 126 valence electrons. The monoisotopic (exact) mass is 330 g/mol. The highest BCUT2D eigenvalue weighted by molar-refractivity contribution is 5.74. The number of hydrogen-bond donors (Lipinski definition) is 2. The summed E-state index contributed by atoms with van der Waals surface area (Å²) in [5, 5.41) is 3.61. The lowest BCUT2D eigenvalue weighted by Gasteiger charge is -2.37. The maximum Gasteiger partial charge on any atom is 0.218 e. The highest BCUT2D eigenvalue weighted by Crippen LogP contribution is 2.36. The molecule has 3 rings (SSSR count). The van der Waals surface area contributed by atoms with E-state index in [1.165, 1.54) is 0 Å². The minimum atomic E-state index is -0.542. The van der Waals surface area contributed by atoms with Crippen molar-refractivity contribution < 1.29 is 4.79 Å². The fraction of sp³-hybridized carbons (Fsp3) is 0.136. The molecular formula is C22H22N2O. The molecule has 3 heteroatoms. The van der Waals surface area contributed by atoms with Gasteiger partial charge in [-0.25, -0.2) is 0 Å². The molecule has 0 aliphatic rings. The number of nitrogens with one attached hydrogen (secondary N) is 1. The number of nitrogens with two attached hydrogens (primary N) is 1. The summed E-state index contributed by atoms with van der Waals surface area (Å²) in [6.45, 7) is 0.494. The van der Waals surface area contributed by atoms with E-state index in [-0.39, 0.29) is 12.3 Å². The Kier molecular flexibility index (Phi) is 5.26. The Hall–Kier alpha value is -2.91. The Morgan fingerprint density at radius 3 is 1.40 bits per heavy atom. The summed E-state index contributed by atoms with van der Waals surface area (Å²) in [5.74, 6) is -0.310. The van der Waals surface area contributed by atoms with E-state index in [2.05, 4.69) is 41.7 Å². The highest BCUT2D eigenvalue weighted by atomic mass is 16.1. The Balaban J connectivity index is 2.18. The van der Waals surface area contributed by atoms with Gasteiger partial charge in [0, 0.05) is 13.0 Å². The van der Waals surface area contributed by atoms with Crippen LogP contribution in [0.4, 0.5) is 0 Å². The normalized spacial score (nSPS) is 11.2. The molecule has 3 aromatic rings. The van der Waals surface area contributed by atoms with Crippen molar-refractivity contribution in [3.05, 3.63) is 108 Å². The second-order valence-electron chi connectivity index (χ2n) is 5.99. The van der Waals surface area contributed by atoms with Gasteiger partial charge in [-0.3, -0.25) is 10.1 Å². The molecule has 0 aliphatic carbocycles. The molecule has 0 heterocycles. The summed E-state index contributed by atoms with van der Waals surface area (Å²) < 4.78 is 0. The lowest BCUT2D eigenvalue weighted by atomic mass is 9.77. The van der Waals surface area contributed by atoms with Crippen LogP contribution in [0.3, 0.4) is 0 Å². The third kappa shape index (κ3) is 3.62. The van der Waals surface area contributed by atoms with Gasteiger partial charge < -0.3 is 5.73 Å². The van der Waals surface area contributed by atoms with Crippen LogP contribution in [0, 0.1) is 0 Å². The first kappa shape index (κ1) is 16.9. The first-order valence-electron chi connectivity index (χ1n) is 8.43. The summed E-state index contributed by atoms with van der Waals surface area (Å²) >= 11 is 0. The molecule has 0 aliphatic heterocycles. The molecule has 0 bridgehead atoms. The molecule has 0 unspecified atom stereocenters. The van der Waals surface area contributed by atoms with Crippen molar-refractivity contribution in [2.45, 2.75) is 12.0 Å². The number of hydrogen-bond acceptors (Lipinski definition) is 2. The molecule has 0 saturated carbocycles. The molecule has 3 nitrogen and oxygen atoms in total. The lowest BCUT2D eigenvalue weighted by molar-refractivity contribution is -0.117. The predicted molar refractivity (Wildman–Crippen MR) is 101 cm³/mol. The maximum absolute atomic E-state index is 11.3. The van der Waals surface area contributed by atoms with E-state index in [1.54, 1.807) is 0 Å². The van der Waals surface area contributed by atoms with Crippen molar-refractivity contribution >= 4 is 5.91 Å². The van der Waals surface area contributed by atoms with Crippen molar-refractivity contribution in [3.63, 3.8) is 0 Å². The van der Waals surface area contributed by atoms with Crippen LogP contribution in [0.25, 0.3) is 0 Å². The fourth-order valence-corrected chi connectivity index (χ4v) is 3.24. The number of amides is 1. The van der Waals surface area contributed by atoms with Crippen LogP contribution in [-0.2, 0) is 10.3 Å². The van der Waals surface area contributed by atoms with Crippen LogP contribution in [0.15, 0.2) is 91.0 Å². The molecule has 0 radical (unpaired) electrons. The molecule has 25 heavy (non-hydrogen) atoms. The summed E-state index contributed by atoms with van der Waals surface area (Å²) in [6, 6.07) is 30.9. The summed E-state index contributed by atoms with van der Waals surface area (Å²) in [5.41, 5.74) is 8.18. The minimum Gasteiger partial charge on any atom is -0.370 e. The number of carbonyl (C=O) groups is 1. The number of benzene rings is 3. The zero-order valence-electron chi connectivity index (χ0n) is 14.1. The van der Waals surface area contributed by atoms with Crippen molar-refractivity contribution in [2.75, 3.05) is 6.54 Å². The van der Waals surface area contributed by atoms with E-state index in [9.17, 15) is 4.79 Å². The second-order valence-corrected chi connectivity index (χ2v) is 5.99. The molecule has 0 atom stereocenters. The van der Waals surface area contributed by atoms with E-state index in [0.717, 1.165) is 16.7 Å². The van der Waals surface area contributed by atoms with Crippen molar-refractivity contribution in [3.8, 4) is 0 Å². The predicted octanol–water partition coefficient (Wildman–Crippen LogP) is 3.44. The Morgan fingerprint density at radius 1 is 0.720 bits per heavy atom. The number of primary amides is 1. The first-order chi connectivity index (χ1) is 12.2. The lowest BCUT2D eigenvalue weighted by Crippen LogP contribution is -2.45. The smallest absolute Gasteiger partial charge is 0.218 e. The summed E-state index contributed by atoms with van der Waals surface area (Å²) in [4.78, 5) is 11.3. The average Bonchev–Trinajstić information content (AvgIpc) is 2.67. The molecule has 1 amide bonds. The molecular weight excluding hydrogens is 308 g/mol. The van der Waals surface area contributed by atoms with Crippen molar-refractivity contribution in [1.29, 1.82) is 0 Å². The first-order valence-corrected chi connectivity index (χ1v) is 8.43. The summed E-state index contributed by atoms with van der Waals surface area (Å²) in [7, 11) is 0. The maximum atomic E-state index is 11.3. The van der Waals surface area contributed by atoms with Gasteiger partial charge >= 0.3 is 0 Å². The van der Waals surface area contributed by atoms with Gasteiger partial charge in [0.25, 0.3) is 0 Å². The Bertz CT molecular complexity index is 705. The van der Waals surface area contributed by atoms with E-state index in [1.807, 2.05) is 54.6 Å². The van der Waals surface area contributed by atoms with Crippen LogP contribution in [0.1, 0.15) is 23.1 Å². The van der Waals surface area contributed by atoms with Gasteiger partial charge in [-0.05, 0) is 16.7 Å². The zero-order valence-corrected chi connectivity index (χ0v) is 14.1. The van der Waals surface area contributed by atoms with Crippen LogP contribution in [0.2, 0.25) is 0 Å². The third-order valence-electron chi connectivity index (χ3n) is 4.38. The Morgan fingerprint density at radius 2 is 1.08 bits per heavy atom. The van der Waals surface area contributed by atoms with Gasteiger partial charge in [0.15, 0.2) is 0 Å². The molecule has 0 fully saturated rings. The molecule has 0 aromatic heterocycles. The third-order valence-corrected chi connectivity index (χ3v) is 4.38. The molecule has 3 N–H and O–H groups in total. The largest absolute Gasteiger partial charge is 0.370 e. The van der Waals surface area contributed by atoms with E-state index >= 15 is 0 Å². The van der Waals surface area contributed by atoms with E-state index < -0.39 is 5.54 Å². The van der Waals surface area contributed by atoms with Crippen LogP contribution >= 0.6 is 0 Å². The fourth-order valence-electron chi connectivity index (χ4n) is 3.24.